The molecular formula is C65H118O6. The Morgan fingerprint density at radius 3 is 0.803 bits per heavy atom. The van der Waals surface area contributed by atoms with Gasteiger partial charge >= 0.3 is 17.9 Å². The van der Waals surface area contributed by atoms with Crippen LogP contribution in [-0.2, 0) is 28.6 Å². The lowest BCUT2D eigenvalue weighted by molar-refractivity contribution is -0.167. The van der Waals surface area contributed by atoms with E-state index < -0.39 is 6.10 Å². The summed E-state index contributed by atoms with van der Waals surface area (Å²) in [5, 5.41) is 0. The van der Waals surface area contributed by atoms with E-state index in [-0.39, 0.29) is 31.1 Å². The van der Waals surface area contributed by atoms with Crippen LogP contribution in [0, 0.1) is 0 Å². The molecule has 0 N–H and O–H groups in total. The third-order valence-corrected chi connectivity index (χ3v) is 13.8. The van der Waals surface area contributed by atoms with Crippen molar-refractivity contribution in [2.45, 2.75) is 335 Å². The average molecular weight is 996 g/mol. The molecule has 0 amide bonds. The Morgan fingerprint density at radius 2 is 0.507 bits per heavy atom. The van der Waals surface area contributed by atoms with Gasteiger partial charge in [0.2, 0.25) is 0 Å². The van der Waals surface area contributed by atoms with Crippen LogP contribution in [0.1, 0.15) is 329 Å². The number of hydrogen-bond donors (Lipinski definition) is 0. The number of carbonyl (C=O) groups excluding carboxylic acids is 3. The summed E-state index contributed by atoms with van der Waals surface area (Å²) >= 11 is 0. The fraction of sp³-hybridized carbons (Fsp3) is 0.831. The van der Waals surface area contributed by atoms with Crippen LogP contribution < -0.4 is 0 Å². The first-order valence-corrected chi connectivity index (χ1v) is 31.1. The van der Waals surface area contributed by atoms with E-state index in [4.69, 9.17) is 14.2 Å². The van der Waals surface area contributed by atoms with Crippen molar-refractivity contribution in [3.05, 3.63) is 48.6 Å². The minimum Gasteiger partial charge on any atom is -0.462 e. The van der Waals surface area contributed by atoms with E-state index in [1.807, 2.05) is 0 Å². The number of esters is 3. The topological polar surface area (TPSA) is 78.9 Å². The first-order chi connectivity index (χ1) is 35.0. The smallest absolute Gasteiger partial charge is 0.306 e. The maximum atomic E-state index is 12.9. The van der Waals surface area contributed by atoms with Crippen LogP contribution in [0.25, 0.3) is 0 Å². The van der Waals surface area contributed by atoms with E-state index >= 15 is 0 Å². The standard InChI is InChI=1S/C65H118O6/c1-4-7-10-13-16-19-22-24-26-28-30-31-32-33-34-35-36-38-39-41-43-46-49-52-55-58-64(67)70-61-62(60-69-63(66)57-54-51-48-45-21-18-15-12-9-6-3)71-65(68)59-56-53-50-47-44-42-40-37-29-27-25-23-20-17-14-11-8-5-2/h22,24,27-30,32-33,62H,4-21,23,25-26,31,34-61H2,1-3H3/b24-22-,29-27-,30-28-,33-32-. The highest BCUT2D eigenvalue weighted by atomic mass is 16.6. The van der Waals surface area contributed by atoms with Gasteiger partial charge in [-0.1, -0.05) is 275 Å². The molecule has 0 aliphatic carbocycles. The third kappa shape index (κ3) is 58.1. The molecule has 0 saturated heterocycles. The van der Waals surface area contributed by atoms with Crippen LogP contribution in [0.5, 0.6) is 0 Å². The summed E-state index contributed by atoms with van der Waals surface area (Å²) in [5.74, 6) is -0.866. The summed E-state index contributed by atoms with van der Waals surface area (Å²) in [6.07, 6.45) is 74.0. The molecule has 0 bridgehead atoms. The van der Waals surface area contributed by atoms with Gasteiger partial charge in [0.25, 0.3) is 0 Å². The molecular weight excluding hydrogens is 877 g/mol. The Balaban J connectivity index is 4.24. The summed E-state index contributed by atoms with van der Waals surface area (Å²) in [4.78, 5) is 38.2. The van der Waals surface area contributed by atoms with Gasteiger partial charge in [0.15, 0.2) is 6.10 Å². The quantitative estimate of drug-likeness (QED) is 0.0261. The van der Waals surface area contributed by atoms with Crippen LogP contribution in [-0.4, -0.2) is 37.2 Å². The van der Waals surface area contributed by atoms with Gasteiger partial charge in [-0.3, -0.25) is 14.4 Å². The molecule has 0 aliphatic heterocycles. The number of carbonyl (C=O) groups is 3. The van der Waals surface area contributed by atoms with Gasteiger partial charge in [-0.05, 0) is 83.5 Å². The van der Waals surface area contributed by atoms with Crippen molar-refractivity contribution >= 4 is 17.9 Å². The van der Waals surface area contributed by atoms with E-state index in [1.54, 1.807) is 0 Å². The van der Waals surface area contributed by atoms with Crippen LogP contribution >= 0.6 is 0 Å². The van der Waals surface area contributed by atoms with Crippen molar-refractivity contribution in [1.29, 1.82) is 0 Å². The lowest BCUT2D eigenvalue weighted by Crippen LogP contribution is -2.30. The lowest BCUT2D eigenvalue weighted by atomic mass is 10.1. The van der Waals surface area contributed by atoms with Gasteiger partial charge in [0, 0.05) is 19.3 Å². The molecule has 0 saturated carbocycles. The van der Waals surface area contributed by atoms with Gasteiger partial charge in [0.05, 0.1) is 0 Å². The lowest BCUT2D eigenvalue weighted by Gasteiger charge is -2.18. The highest BCUT2D eigenvalue weighted by molar-refractivity contribution is 5.71. The van der Waals surface area contributed by atoms with E-state index in [9.17, 15) is 14.4 Å². The second-order valence-electron chi connectivity index (χ2n) is 21.0. The molecule has 0 aromatic carbocycles. The number of hydrogen-bond acceptors (Lipinski definition) is 6. The molecule has 1 unspecified atom stereocenters. The molecule has 0 aromatic heterocycles. The third-order valence-electron chi connectivity index (χ3n) is 13.8. The van der Waals surface area contributed by atoms with Gasteiger partial charge in [0.1, 0.15) is 13.2 Å². The molecule has 0 aromatic rings. The highest BCUT2D eigenvalue weighted by Gasteiger charge is 2.19. The van der Waals surface area contributed by atoms with Crippen molar-refractivity contribution in [2.24, 2.45) is 0 Å². The van der Waals surface area contributed by atoms with Crippen molar-refractivity contribution in [2.75, 3.05) is 13.2 Å². The van der Waals surface area contributed by atoms with E-state index in [2.05, 4.69) is 69.4 Å². The minimum atomic E-state index is -0.774. The molecule has 0 fully saturated rings. The second-order valence-corrected chi connectivity index (χ2v) is 21.0. The first kappa shape index (κ1) is 68.4. The normalized spacial score (nSPS) is 12.3. The molecule has 414 valence electrons. The first-order valence-electron chi connectivity index (χ1n) is 31.1. The van der Waals surface area contributed by atoms with Gasteiger partial charge in [-0.25, -0.2) is 0 Å². The zero-order chi connectivity index (χ0) is 51.4. The molecule has 1 atom stereocenters. The molecule has 6 nitrogen and oxygen atoms in total. The zero-order valence-corrected chi connectivity index (χ0v) is 47.5. The molecule has 0 radical (unpaired) electrons. The molecule has 0 heterocycles. The Labute approximate surface area is 441 Å². The largest absolute Gasteiger partial charge is 0.462 e. The fourth-order valence-corrected chi connectivity index (χ4v) is 9.09. The van der Waals surface area contributed by atoms with Gasteiger partial charge in [-0.2, -0.15) is 0 Å². The number of allylic oxidation sites excluding steroid dienone is 8. The SMILES string of the molecule is CCCCCCC/C=C\C/C=C\C/C=C\CCCCCCCCCCCCC(=O)OCC(COC(=O)CCCCCCCCCCCC)OC(=O)CCCCCCCCC/C=C\CCCCCCCCC. The van der Waals surface area contributed by atoms with Gasteiger partial charge < -0.3 is 14.2 Å². The molecule has 0 rings (SSSR count). The van der Waals surface area contributed by atoms with E-state index in [1.165, 1.54) is 218 Å². The van der Waals surface area contributed by atoms with Crippen LogP contribution in [0.4, 0.5) is 0 Å². The predicted molar refractivity (Wildman–Crippen MR) is 307 cm³/mol. The highest BCUT2D eigenvalue weighted by Crippen LogP contribution is 2.16. The maximum Gasteiger partial charge on any atom is 0.306 e. The van der Waals surface area contributed by atoms with Crippen molar-refractivity contribution in [3.8, 4) is 0 Å². The molecule has 0 aliphatic rings. The predicted octanol–water partition coefficient (Wildman–Crippen LogP) is 21.0. The molecule has 71 heavy (non-hydrogen) atoms. The van der Waals surface area contributed by atoms with E-state index in [0.717, 1.165) is 70.6 Å². The summed E-state index contributed by atoms with van der Waals surface area (Å²) in [6, 6.07) is 0. The van der Waals surface area contributed by atoms with Gasteiger partial charge in [-0.15, -0.1) is 0 Å². The number of unbranched alkanes of at least 4 members (excludes halogenated alkanes) is 38. The van der Waals surface area contributed by atoms with Crippen LogP contribution in [0.2, 0.25) is 0 Å². The Bertz CT molecular complexity index is 1230. The number of rotatable bonds is 57. The Kier molecular flexibility index (Phi) is 57.7. The minimum absolute atomic E-state index is 0.0728. The van der Waals surface area contributed by atoms with E-state index in [0.29, 0.717) is 19.3 Å². The summed E-state index contributed by atoms with van der Waals surface area (Å²) < 4.78 is 16.9. The van der Waals surface area contributed by atoms with Crippen molar-refractivity contribution in [3.63, 3.8) is 0 Å². The zero-order valence-electron chi connectivity index (χ0n) is 47.5. The number of ether oxygens (including phenoxy) is 3. The van der Waals surface area contributed by atoms with Crippen molar-refractivity contribution < 1.29 is 28.6 Å². The second kappa shape index (κ2) is 59.9. The van der Waals surface area contributed by atoms with Crippen molar-refractivity contribution in [1.82, 2.24) is 0 Å². The summed E-state index contributed by atoms with van der Waals surface area (Å²) in [7, 11) is 0. The Morgan fingerprint density at radius 1 is 0.282 bits per heavy atom. The van der Waals surface area contributed by atoms with Crippen LogP contribution in [0.3, 0.4) is 0 Å². The monoisotopic (exact) mass is 995 g/mol. The Hall–Kier alpha value is -2.63. The average Bonchev–Trinajstić information content (AvgIpc) is 3.37. The van der Waals surface area contributed by atoms with Crippen LogP contribution in [0.15, 0.2) is 48.6 Å². The summed E-state index contributed by atoms with van der Waals surface area (Å²) in [5.41, 5.74) is 0. The molecule has 6 heteroatoms. The molecule has 0 spiro atoms. The summed E-state index contributed by atoms with van der Waals surface area (Å²) in [6.45, 7) is 6.65. The fourth-order valence-electron chi connectivity index (χ4n) is 9.09. The maximum absolute atomic E-state index is 12.9.